The van der Waals surface area contributed by atoms with E-state index in [0.29, 0.717) is 26.1 Å². The Morgan fingerprint density at radius 1 is 1.41 bits per heavy atom. The molecule has 1 fully saturated rings. The molecule has 0 radical (unpaired) electrons. The van der Waals surface area contributed by atoms with E-state index in [1.807, 2.05) is 16.7 Å². The number of carbonyl (C=O) groups is 1. The summed E-state index contributed by atoms with van der Waals surface area (Å²) in [6.45, 7) is 4.38. The van der Waals surface area contributed by atoms with Gasteiger partial charge in [0.15, 0.2) is 9.84 Å². The van der Waals surface area contributed by atoms with Gasteiger partial charge in [0, 0.05) is 24.0 Å². The average molecular weight is 342 g/mol. The fraction of sp³-hybridized carbons (Fsp3) is 0.667. The van der Waals surface area contributed by atoms with Crippen molar-refractivity contribution >= 4 is 27.1 Å². The number of hydrogen-bond donors (Lipinski definition) is 0. The molecule has 1 amide bonds. The van der Waals surface area contributed by atoms with Crippen molar-refractivity contribution in [1.29, 1.82) is 0 Å². The third-order valence-electron chi connectivity index (χ3n) is 4.52. The minimum atomic E-state index is -2.96. The highest BCUT2D eigenvalue weighted by Crippen LogP contribution is 2.24. The zero-order valence-electron chi connectivity index (χ0n) is 12.8. The van der Waals surface area contributed by atoms with Gasteiger partial charge in [0.05, 0.1) is 18.1 Å². The zero-order valence-corrected chi connectivity index (χ0v) is 14.5. The lowest BCUT2D eigenvalue weighted by atomic mass is 10.1. The van der Waals surface area contributed by atoms with Crippen molar-refractivity contribution in [2.45, 2.75) is 32.4 Å². The van der Waals surface area contributed by atoms with Crippen LogP contribution in [-0.4, -0.2) is 61.3 Å². The smallest absolute Gasteiger partial charge is 0.237 e. The van der Waals surface area contributed by atoms with Crippen molar-refractivity contribution in [2.24, 2.45) is 0 Å². The summed E-state index contributed by atoms with van der Waals surface area (Å²) in [4.78, 5) is 17.9. The Labute approximate surface area is 135 Å². The summed E-state index contributed by atoms with van der Waals surface area (Å²) in [7, 11) is -2.96. The van der Waals surface area contributed by atoms with E-state index in [1.165, 1.54) is 10.4 Å². The second kappa shape index (κ2) is 6.29. The predicted molar refractivity (Wildman–Crippen MR) is 87.7 cm³/mol. The normalized spacial score (nSPS) is 25.5. The molecule has 1 aromatic rings. The van der Waals surface area contributed by atoms with E-state index in [-0.39, 0.29) is 23.5 Å². The highest BCUT2D eigenvalue weighted by Gasteiger charge is 2.29. The minimum Gasteiger partial charge on any atom is -0.337 e. The molecule has 0 N–H and O–H groups in total. The van der Waals surface area contributed by atoms with Crippen molar-refractivity contribution in [3.8, 4) is 0 Å². The number of sulfone groups is 1. The summed E-state index contributed by atoms with van der Waals surface area (Å²) in [5, 5.41) is 2.08. The van der Waals surface area contributed by atoms with E-state index < -0.39 is 9.84 Å². The Morgan fingerprint density at radius 2 is 2.23 bits per heavy atom. The Bertz CT molecular complexity index is 653. The SMILES string of the molecule is CC1CS(=O)(=O)CCCN1CC(=O)N1CCc2sccc2C1. The molecule has 22 heavy (non-hydrogen) atoms. The molecule has 0 saturated carbocycles. The van der Waals surface area contributed by atoms with Crippen LogP contribution in [0.2, 0.25) is 0 Å². The molecule has 5 nitrogen and oxygen atoms in total. The van der Waals surface area contributed by atoms with Gasteiger partial charge in [-0.25, -0.2) is 8.42 Å². The maximum absolute atomic E-state index is 12.6. The molecule has 0 aromatic carbocycles. The van der Waals surface area contributed by atoms with Gasteiger partial charge >= 0.3 is 0 Å². The summed E-state index contributed by atoms with van der Waals surface area (Å²) < 4.78 is 23.6. The third kappa shape index (κ3) is 3.52. The molecular formula is C15H22N2O3S2. The lowest BCUT2D eigenvalue weighted by Gasteiger charge is -2.31. The second-order valence-corrected chi connectivity index (χ2v) is 9.45. The van der Waals surface area contributed by atoms with Crippen LogP contribution in [0.25, 0.3) is 0 Å². The Balaban J connectivity index is 1.62. The summed E-state index contributed by atoms with van der Waals surface area (Å²) in [5.74, 6) is 0.516. The first-order chi connectivity index (χ1) is 10.4. The van der Waals surface area contributed by atoms with Gasteiger partial charge in [-0.05, 0) is 43.3 Å². The molecule has 1 unspecified atom stereocenters. The van der Waals surface area contributed by atoms with Crippen molar-refractivity contribution in [1.82, 2.24) is 9.80 Å². The summed E-state index contributed by atoms with van der Waals surface area (Å²) in [5.41, 5.74) is 1.26. The molecule has 2 aliphatic heterocycles. The maximum atomic E-state index is 12.6. The van der Waals surface area contributed by atoms with Gasteiger partial charge in [-0.15, -0.1) is 11.3 Å². The molecule has 0 spiro atoms. The number of hydrogen-bond acceptors (Lipinski definition) is 5. The van der Waals surface area contributed by atoms with Crippen LogP contribution >= 0.6 is 11.3 Å². The topological polar surface area (TPSA) is 57.7 Å². The monoisotopic (exact) mass is 342 g/mol. The van der Waals surface area contributed by atoms with Crippen LogP contribution < -0.4 is 0 Å². The van der Waals surface area contributed by atoms with Gasteiger partial charge in [-0.1, -0.05) is 0 Å². The van der Waals surface area contributed by atoms with Crippen molar-refractivity contribution < 1.29 is 13.2 Å². The molecule has 1 atom stereocenters. The molecule has 1 aromatic heterocycles. The lowest BCUT2D eigenvalue weighted by molar-refractivity contribution is -0.133. The Hall–Kier alpha value is -0.920. The molecule has 3 rings (SSSR count). The standard InChI is InChI=1S/C15H22N2O3S2/c1-12-11-22(19,20)8-2-5-16(12)10-15(18)17-6-3-14-13(9-17)4-7-21-14/h4,7,12H,2-3,5-6,8-11H2,1H3. The molecule has 7 heteroatoms. The first-order valence-electron chi connectivity index (χ1n) is 7.72. The predicted octanol–water partition coefficient (Wildman–Crippen LogP) is 1.14. The van der Waals surface area contributed by atoms with Crippen LogP contribution in [0.4, 0.5) is 0 Å². The fourth-order valence-electron chi connectivity index (χ4n) is 3.23. The maximum Gasteiger partial charge on any atom is 0.237 e. The third-order valence-corrected chi connectivity index (χ3v) is 7.44. The van der Waals surface area contributed by atoms with E-state index in [2.05, 4.69) is 11.4 Å². The van der Waals surface area contributed by atoms with E-state index in [0.717, 1.165) is 13.0 Å². The second-order valence-electron chi connectivity index (χ2n) is 6.22. The number of thiophene rings is 1. The highest BCUT2D eigenvalue weighted by molar-refractivity contribution is 7.91. The summed E-state index contributed by atoms with van der Waals surface area (Å²) in [6, 6.07) is 2.01. The van der Waals surface area contributed by atoms with Gasteiger partial charge in [-0.3, -0.25) is 9.69 Å². The molecular weight excluding hydrogens is 320 g/mol. The number of rotatable bonds is 2. The number of amides is 1. The number of carbonyl (C=O) groups excluding carboxylic acids is 1. The molecule has 0 bridgehead atoms. The van der Waals surface area contributed by atoms with Gasteiger partial charge < -0.3 is 4.90 Å². The lowest BCUT2D eigenvalue weighted by Crippen LogP contribution is -2.46. The summed E-state index contributed by atoms with van der Waals surface area (Å²) in [6.07, 6.45) is 1.55. The van der Waals surface area contributed by atoms with Crippen LogP contribution in [0.1, 0.15) is 23.8 Å². The van der Waals surface area contributed by atoms with Gasteiger partial charge in [0.2, 0.25) is 5.91 Å². The minimum absolute atomic E-state index is 0.0852. The average Bonchev–Trinajstić information content (AvgIpc) is 2.87. The van der Waals surface area contributed by atoms with E-state index in [4.69, 9.17) is 0 Å². The number of fused-ring (bicyclic) bond motifs is 1. The molecule has 3 heterocycles. The first kappa shape index (κ1) is 16.0. The zero-order chi connectivity index (χ0) is 15.7. The fourth-order valence-corrected chi connectivity index (χ4v) is 5.81. The van der Waals surface area contributed by atoms with Crippen LogP contribution in [0.5, 0.6) is 0 Å². The van der Waals surface area contributed by atoms with Crippen LogP contribution in [0.3, 0.4) is 0 Å². The Morgan fingerprint density at radius 3 is 3.05 bits per heavy atom. The van der Waals surface area contributed by atoms with Gasteiger partial charge in [0.1, 0.15) is 0 Å². The number of nitrogens with zero attached hydrogens (tertiary/aromatic N) is 2. The summed E-state index contributed by atoms with van der Waals surface area (Å²) >= 11 is 1.76. The van der Waals surface area contributed by atoms with E-state index in [9.17, 15) is 13.2 Å². The van der Waals surface area contributed by atoms with Crippen molar-refractivity contribution in [2.75, 3.05) is 31.1 Å². The Kier molecular flexibility index (Phi) is 4.56. The van der Waals surface area contributed by atoms with E-state index >= 15 is 0 Å². The molecule has 2 aliphatic rings. The molecule has 1 saturated heterocycles. The molecule has 0 aliphatic carbocycles. The van der Waals surface area contributed by atoms with Crippen LogP contribution in [-0.2, 0) is 27.6 Å². The van der Waals surface area contributed by atoms with E-state index in [1.54, 1.807) is 11.3 Å². The first-order valence-corrected chi connectivity index (χ1v) is 10.4. The largest absolute Gasteiger partial charge is 0.337 e. The van der Waals surface area contributed by atoms with Gasteiger partial charge in [0.25, 0.3) is 0 Å². The quantitative estimate of drug-likeness (QED) is 0.809. The van der Waals surface area contributed by atoms with Crippen molar-refractivity contribution in [3.63, 3.8) is 0 Å². The van der Waals surface area contributed by atoms with Gasteiger partial charge in [-0.2, -0.15) is 0 Å². The highest BCUT2D eigenvalue weighted by atomic mass is 32.2. The van der Waals surface area contributed by atoms with Crippen LogP contribution in [0.15, 0.2) is 11.4 Å². The molecule has 122 valence electrons. The van der Waals surface area contributed by atoms with Crippen LogP contribution in [0, 0.1) is 0 Å². The van der Waals surface area contributed by atoms with Crippen molar-refractivity contribution in [3.05, 3.63) is 21.9 Å².